The maximum Gasteiger partial charge on any atom is 0.191 e. The first-order chi connectivity index (χ1) is 6.22. The minimum Gasteiger partial charge on any atom is -0.497 e. The normalized spacial score (nSPS) is 10.6. The molecule has 0 fully saturated rings. The average Bonchev–Trinajstić information content (AvgIpc) is 2.43. The van der Waals surface area contributed by atoms with Crippen LogP contribution in [0.3, 0.4) is 0 Å². The van der Waals surface area contributed by atoms with E-state index in [1.54, 1.807) is 17.7 Å². The van der Waals surface area contributed by atoms with Crippen molar-refractivity contribution in [2.24, 2.45) is 7.05 Å². The number of hydrogen-bond acceptors (Lipinski definition) is 2. The third-order valence-corrected chi connectivity index (χ3v) is 2.23. The van der Waals surface area contributed by atoms with Gasteiger partial charge in [0, 0.05) is 24.6 Å². The van der Waals surface area contributed by atoms with Crippen LogP contribution in [0.25, 0.3) is 10.9 Å². The second-order valence-electron chi connectivity index (χ2n) is 2.99. The summed E-state index contributed by atoms with van der Waals surface area (Å²) < 4.78 is 6.81. The van der Waals surface area contributed by atoms with Gasteiger partial charge in [0.25, 0.3) is 0 Å². The van der Waals surface area contributed by atoms with Gasteiger partial charge in [0.15, 0.2) is 5.88 Å². The number of methoxy groups -OCH3 is 1. The van der Waals surface area contributed by atoms with Gasteiger partial charge in [-0.1, -0.05) is 0 Å². The fourth-order valence-electron chi connectivity index (χ4n) is 1.42. The van der Waals surface area contributed by atoms with Crippen molar-refractivity contribution in [1.29, 1.82) is 0 Å². The standard InChI is InChI=1S/C10H11NO2/c1-11-9-6-8(13-2)4-3-7(9)5-10(11)12/h3-6,12H,1-2H3. The highest BCUT2D eigenvalue weighted by molar-refractivity contribution is 5.83. The molecular formula is C10H11NO2. The van der Waals surface area contributed by atoms with E-state index in [4.69, 9.17) is 4.74 Å². The van der Waals surface area contributed by atoms with Crippen LogP contribution in [0, 0.1) is 0 Å². The summed E-state index contributed by atoms with van der Waals surface area (Å²) in [6.07, 6.45) is 0. The number of nitrogens with zero attached hydrogens (tertiary/aromatic N) is 1. The molecule has 0 aliphatic carbocycles. The number of benzene rings is 1. The van der Waals surface area contributed by atoms with Gasteiger partial charge in [-0.05, 0) is 12.1 Å². The number of ether oxygens (including phenoxy) is 1. The molecular weight excluding hydrogens is 166 g/mol. The summed E-state index contributed by atoms with van der Waals surface area (Å²) in [5.41, 5.74) is 0.969. The van der Waals surface area contributed by atoms with Crippen LogP contribution in [0.4, 0.5) is 0 Å². The molecule has 1 heterocycles. The largest absolute Gasteiger partial charge is 0.497 e. The van der Waals surface area contributed by atoms with Crippen molar-refractivity contribution in [3.05, 3.63) is 24.3 Å². The highest BCUT2D eigenvalue weighted by atomic mass is 16.5. The number of fused-ring (bicyclic) bond motifs is 1. The van der Waals surface area contributed by atoms with Crippen LogP contribution in [0.2, 0.25) is 0 Å². The zero-order valence-electron chi connectivity index (χ0n) is 7.61. The Morgan fingerprint density at radius 3 is 2.77 bits per heavy atom. The molecule has 0 aliphatic rings. The van der Waals surface area contributed by atoms with Crippen molar-refractivity contribution in [1.82, 2.24) is 4.57 Å². The molecule has 0 bridgehead atoms. The quantitative estimate of drug-likeness (QED) is 0.721. The number of rotatable bonds is 1. The molecule has 0 aliphatic heterocycles. The molecule has 3 heteroatoms. The van der Waals surface area contributed by atoms with Gasteiger partial charge in [0.05, 0.1) is 12.6 Å². The van der Waals surface area contributed by atoms with E-state index in [1.165, 1.54) is 0 Å². The van der Waals surface area contributed by atoms with Gasteiger partial charge in [0.1, 0.15) is 5.75 Å². The summed E-state index contributed by atoms with van der Waals surface area (Å²) in [4.78, 5) is 0. The van der Waals surface area contributed by atoms with Crippen molar-refractivity contribution in [3.8, 4) is 11.6 Å². The summed E-state index contributed by atoms with van der Waals surface area (Å²) in [5.74, 6) is 1.07. The molecule has 0 saturated carbocycles. The van der Waals surface area contributed by atoms with Crippen molar-refractivity contribution < 1.29 is 9.84 Å². The SMILES string of the molecule is COc1ccc2cc(O)n(C)c2c1. The van der Waals surface area contributed by atoms with Crippen molar-refractivity contribution in [2.75, 3.05) is 7.11 Å². The summed E-state index contributed by atoms with van der Waals surface area (Å²) in [6.45, 7) is 0. The van der Waals surface area contributed by atoms with Crippen LogP contribution in [0.15, 0.2) is 24.3 Å². The maximum absolute atomic E-state index is 9.43. The van der Waals surface area contributed by atoms with Crippen LogP contribution >= 0.6 is 0 Å². The number of aromatic hydroxyl groups is 1. The third kappa shape index (κ3) is 1.13. The monoisotopic (exact) mass is 177 g/mol. The fourth-order valence-corrected chi connectivity index (χ4v) is 1.42. The number of aromatic nitrogens is 1. The van der Waals surface area contributed by atoms with E-state index in [-0.39, 0.29) is 5.88 Å². The molecule has 0 saturated heterocycles. The first-order valence-electron chi connectivity index (χ1n) is 4.05. The maximum atomic E-state index is 9.43. The molecule has 1 aromatic heterocycles. The molecule has 0 atom stereocenters. The Kier molecular flexibility index (Phi) is 1.65. The van der Waals surface area contributed by atoms with Crippen LogP contribution in [0.5, 0.6) is 11.6 Å². The number of hydrogen-bond donors (Lipinski definition) is 1. The zero-order chi connectivity index (χ0) is 9.42. The molecule has 0 amide bonds. The second kappa shape index (κ2) is 2.69. The van der Waals surface area contributed by atoms with Gasteiger partial charge in [-0.25, -0.2) is 0 Å². The minimum atomic E-state index is 0.267. The average molecular weight is 177 g/mol. The highest BCUT2D eigenvalue weighted by Gasteiger charge is 2.04. The molecule has 0 spiro atoms. The lowest BCUT2D eigenvalue weighted by atomic mass is 10.2. The van der Waals surface area contributed by atoms with E-state index in [1.807, 2.05) is 25.2 Å². The van der Waals surface area contributed by atoms with Gasteiger partial charge >= 0.3 is 0 Å². The Hall–Kier alpha value is -1.64. The molecule has 0 radical (unpaired) electrons. The van der Waals surface area contributed by atoms with Gasteiger partial charge in [-0.3, -0.25) is 0 Å². The van der Waals surface area contributed by atoms with E-state index in [0.717, 1.165) is 16.7 Å². The van der Waals surface area contributed by atoms with Crippen LogP contribution < -0.4 is 4.74 Å². The zero-order valence-corrected chi connectivity index (χ0v) is 7.61. The van der Waals surface area contributed by atoms with E-state index >= 15 is 0 Å². The van der Waals surface area contributed by atoms with E-state index in [9.17, 15) is 5.11 Å². The smallest absolute Gasteiger partial charge is 0.191 e. The lowest BCUT2D eigenvalue weighted by molar-refractivity contribution is 0.415. The van der Waals surface area contributed by atoms with Gasteiger partial charge in [-0.2, -0.15) is 0 Å². The van der Waals surface area contributed by atoms with E-state index in [0.29, 0.717) is 0 Å². The molecule has 3 nitrogen and oxygen atoms in total. The third-order valence-electron chi connectivity index (χ3n) is 2.23. The Labute approximate surface area is 76.2 Å². The predicted molar refractivity (Wildman–Crippen MR) is 51.1 cm³/mol. The number of aryl methyl sites for hydroxylation is 1. The second-order valence-corrected chi connectivity index (χ2v) is 2.99. The van der Waals surface area contributed by atoms with Gasteiger partial charge in [0.2, 0.25) is 0 Å². The first-order valence-corrected chi connectivity index (χ1v) is 4.05. The van der Waals surface area contributed by atoms with E-state index in [2.05, 4.69) is 0 Å². The van der Waals surface area contributed by atoms with Crippen LogP contribution in [-0.4, -0.2) is 16.8 Å². The van der Waals surface area contributed by atoms with Gasteiger partial charge in [-0.15, -0.1) is 0 Å². The first kappa shape index (κ1) is 7.98. The Morgan fingerprint density at radius 1 is 1.31 bits per heavy atom. The summed E-state index contributed by atoms with van der Waals surface area (Å²) in [5, 5.41) is 10.4. The Bertz CT molecular complexity index is 445. The summed E-state index contributed by atoms with van der Waals surface area (Å²) >= 11 is 0. The van der Waals surface area contributed by atoms with Crippen molar-refractivity contribution in [3.63, 3.8) is 0 Å². The van der Waals surface area contributed by atoms with Crippen molar-refractivity contribution in [2.45, 2.75) is 0 Å². The Balaban J connectivity index is 2.75. The molecule has 2 rings (SSSR count). The van der Waals surface area contributed by atoms with Gasteiger partial charge < -0.3 is 14.4 Å². The molecule has 1 aromatic carbocycles. The summed E-state index contributed by atoms with van der Waals surface area (Å²) in [7, 11) is 3.45. The fraction of sp³-hybridized carbons (Fsp3) is 0.200. The minimum absolute atomic E-state index is 0.267. The molecule has 0 unspecified atom stereocenters. The van der Waals surface area contributed by atoms with Crippen LogP contribution in [-0.2, 0) is 7.05 Å². The molecule has 1 N–H and O–H groups in total. The van der Waals surface area contributed by atoms with Crippen LogP contribution in [0.1, 0.15) is 0 Å². The highest BCUT2D eigenvalue weighted by Crippen LogP contribution is 2.26. The lowest BCUT2D eigenvalue weighted by Crippen LogP contribution is -1.87. The molecule has 68 valence electrons. The lowest BCUT2D eigenvalue weighted by Gasteiger charge is -2.00. The molecule has 13 heavy (non-hydrogen) atoms. The topological polar surface area (TPSA) is 34.4 Å². The van der Waals surface area contributed by atoms with E-state index < -0.39 is 0 Å². The Morgan fingerprint density at radius 2 is 2.08 bits per heavy atom. The summed E-state index contributed by atoms with van der Waals surface area (Å²) in [6, 6.07) is 7.43. The predicted octanol–water partition coefficient (Wildman–Crippen LogP) is 1.89. The van der Waals surface area contributed by atoms with Crippen molar-refractivity contribution >= 4 is 10.9 Å². The molecule has 2 aromatic rings.